The van der Waals surface area contributed by atoms with Crippen molar-refractivity contribution in [1.29, 1.82) is 0 Å². The average Bonchev–Trinajstić information content (AvgIpc) is 2.27. The Morgan fingerprint density at radius 1 is 1.30 bits per heavy atom. The maximum absolute atomic E-state index is 4.20. The summed E-state index contributed by atoms with van der Waals surface area (Å²) in [5.41, 5.74) is 2.09. The first-order valence-corrected chi connectivity index (χ1v) is 3.84. The van der Waals surface area contributed by atoms with E-state index in [1.54, 1.807) is 0 Å². The first kappa shape index (κ1) is 5.95. The summed E-state index contributed by atoms with van der Waals surface area (Å²) in [6.07, 6.45) is 0. The zero-order valence-electron chi connectivity index (χ0n) is 5.16. The summed E-state index contributed by atoms with van der Waals surface area (Å²) in [4.78, 5) is 7.29. The third-order valence-corrected chi connectivity index (χ3v) is 1.77. The molecule has 1 aromatic heterocycles. The van der Waals surface area contributed by atoms with Crippen molar-refractivity contribution < 1.29 is 0 Å². The standard InChI is InChI=1S/C7H5N2Se/c10-7-8-5-3-1-2-4-6(5)9-7/h1-4H,(H,8,9). The normalized spacial score (nSPS) is 10.4. The van der Waals surface area contributed by atoms with Gasteiger partial charge >= 0.3 is 66.0 Å². The van der Waals surface area contributed by atoms with Crippen molar-refractivity contribution in [2.75, 3.05) is 0 Å². The molecule has 0 aliphatic heterocycles. The number of para-hydroxylation sites is 2. The monoisotopic (exact) mass is 197 g/mol. The third-order valence-electron chi connectivity index (χ3n) is 1.37. The molecule has 1 radical (unpaired) electrons. The molecule has 0 bridgehead atoms. The molecule has 0 aliphatic rings. The molecule has 2 aromatic rings. The van der Waals surface area contributed by atoms with Gasteiger partial charge < -0.3 is 0 Å². The second kappa shape index (κ2) is 2.11. The fourth-order valence-corrected chi connectivity index (χ4v) is 1.37. The van der Waals surface area contributed by atoms with Gasteiger partial charge in [-0.25, -0.2) is 0 Å². The molecule has 0 spiro atoms. The summed E-state index contributed by atoms with van der Waals surface area (Å²) in [6.45, 7) is 0. The fourth-order valence-electron chi connectivity index (χ4n) is 0.929. The van der Waals surface area contributed by atoms with Gasteiger partial charge in [0.2, 0.25) is 0 Å². The minimum absolute atomic E-state index is 0.848. The molecule has 0 amide bonds. The van der Waals surface area contributed by atoms with Crippen LogP contribution < -0.4 is 4.72 Å². The molecule has 2 nitrogen and oxygen atoms in total. The van der Waals surface area contributed by atoms with E-state index >= 15 is 0 Å². The number of nitrogens with one attached hydrogen (secondary N) is 1. The number of benzene rings is 1. The molecular weight excluding hydrogens is 191 g/mol. The summed E-state index contributed by atoms with van der Waals surface area (Å²) in [5.74, 6) is 0. The summed E-state index contributed by atoms with van der Waals surface area (Å²) in [6, 6.07) is 7.94. The molecule has 1 N–H and O–H groups in total. The van der Waals surface area contributed by atoms with Crippen molar-refractivity contribution in [2.24, 2.45) is 0 Å². The number of rotatable bonds is 0. The molecule has 0 fully saturated rings. The molecule has 10 heavy (non-hydrogen) atoms. The van der Waals surface area contributed by atoms with Crippen LogP contribution in [-0.4, -0.2) is 26.0 Å². The Balaban J connectivity index is 2.88. The van der Waals surface area contributed by atoms with Gasteiger partial charge in [0.25, 0.3) is 0 Å². The van der Waals surface area contributed by atoms with Gasteiger partial charge in [0.1, 0.15) is 0 Å². The number of hydrogen-bond donors (Lipinski definition) is 1. The third kappa shape index (κ3) is 0.838. The van der Waals surface area contributed by atoms with Crippen molar-refractivity contribution >= 4 is 31.8 Å². The summed E-state index contributed by atoms with van der Waals surface area (Å²) >= 11 is 2.82. The van der Waals surface area contributed by atoms with Crippen molar-refractivity contribution in [3.63, 3.8) is 0 Å². The Kier molecular flexibility index (Phi) is 1.26. The molecule has 0 aliphatic carbocycles. The predicted octanol–water partition coefficient (Wildman–Crippen LogP) is 0.357. The molecule has 0 atom stereocenters. The van der Waals surface area contributed by atoms with E-state index in [1.807, 2.05) is 24.3 Å². The van der Waals surface area contributed by atoms with Crippen LogP contribution in [0.1, 0.15) is 0 Å². The van der Waals surface area contributed by atoms with Crippen molar-refractivity contribution in [2.45, 2.75) is 0 Å². The molecule has 1 aromatic carbocycles. The van der Waals surface area contributed by atoms with Crippen molar-refractivity contribution in [1.82, 2.24) is 9.97 Å². The second-order valence-electron chi connectivity index (χ2n) is 2.06. The van der Waals surface area contributed by atoms with Crippen LogP contribution in [0.5, 0.6) is 0 Å². The maximum atomic E-state index is 4.20. The molecule has 3 heteroatoms. The van der Waals surface area contributed by atoms with E-state index in [-0.39, 0.29) is 0 Å². The Bertz CT molecular complexity index is 320. The predicted molar refractivity (Wildman–Crippen MR) is 41.5 cm³/mol. The first-order chi connectivity index (χ1) is 4.86. The minimum atomic E-state index is 0.848. The van der Waals surface area contributed by atoms with E-state index in [2.05, 4.69) is 26.0 Å². The van der Waals surface area contributed by atoms with Gasteiger partial charge in [0, 0.05) is 0 Å². The van der Waals surface area contributed by atoms with Gasteiger partial charge in [-0.3, -0.25) is 0 Å². The molecule has 49 valence electrons. The van der Waals surface area contributed by atoms with Crippen LogP contribution in [0.25, 0.3) is 11.0 Å². The molecule has 1 heterocycles. The van der Waals surface area contributed by atoms with Crippen LogP contribution in [0, 0.1) is 0 Å². The molecule has 0 unspecified atom stereocenters. The zero-order valence-corrected chi connectivity index (χ0v) is 6.88. The summed E-state index contributed by atoms with van der Waals surface area (Å²) in [5, 5.41) is 0. The second-order valence-corrected chi connectivity index (χ2v) is 2.87. The van der Waals surface area contributed by atoms with Crippen LogP contribution in [0.2, 0.25) is 0 Å². The van der Waals surface area contributed by atoms with Crippen molar-refractivity contribution in [3.8, 4) is 0 Å². The van der Waals surface area contributed by atoms with Gasteiger partial charge in [-0.1, -0.05) is 0 Å². The van der Waals surface area contributed by atoms with Gasteiger partial charge in [-0.2, -0.15) is 0 Å². The van der Waals surface area contributed by atoms with Gasteiger partial charge in [0.05, 0.1) is 0 Å². The molecule has 2 rings (SSSR count). The van der Waals surface area contributed by atoms with Gasteiger partial charge in [-0.15, -0.1) is 0 Å². The number of fused-ring (bicyclic) bond motifs is 1. The van der Waals surface area contributed by atoms with Crippen LogP contribution in [0.3, 0.4) is 0 Å². The van der Waals surface area contributed by atoms with Crippen LogP contribution in [0.4, 0.5) is 0 Å². The quantitative estimate of drug-likeness (QED) is 0.605. The topological polar surface area (TPSA) is 28.7 Å². The summed E-state index contributed by atoms with van der Waals surface area (Å²) in [7, 11) is 0. The number of aromatic amines is 1. The van der Waals surface area contributed by atoms with Crippen LogP contribution in [0.15, 0.2) is 24.3 Å². The number of imidazole rings is 1. The van der Waals surface area contributed by atoms with Gasteiger partial charge in [0.15, 0.2) is 0 Å². The Morgan fingerprint density at radius 3 is 2.90 bits per heavy atom. The first-order valence-electron chi connectivity index (χ1n) is 2.98. The van der Waals surface area contributed by atoms with E-state index in [4.69, 9.17) is 0 Å². The average molecular weight is 196 g/mol. The van der Waals surface area contributed by atoms with Crippen molar-refractivity contribution in [3.05, 3.63) is 24.3 Å². The zero-order chi connectivity index (χ0) is 6.97. The van der Waals surface area contributed by atoms with Crippen LogP contribution >= 0.6 is 0 Å². The van der Waals surface area contributed by atoms with E-state index < -0.39 is 0 Å². The van der Waals surface area contributed by atoms with Crippen LogP contribution in [-0.2, 0) is 0 Å². The van der Waals surface area contributed by atoms with Gasteiger partial charge in [-0.05, 0) is 0 Å². The van der Waals surface area contributed by atoms with E-state index in [1.165, 1.54) is 0 Å². The Morgan fingerprint density at radius 2 is 2.10 bits per heavy atom. The molecule has 0 saturated heterocycles. The number of nitrogens with zero attached hydrogens (tertiary/aromatic N) is 1. The Labute approximate surface area is 66.5 Å². The van der Waals surface area contributed by atoms with E-state index in [9.17, 15) is 0 Å². The number of H-pyrrole nitrogens is 1. The SMILES string of the molecule is [Se]c1nc2ccccc2[nH]1. The van der Waals surface area contributed by atoms with E-state index in [0.717, 1.165) is 15.8 Å². The number of hydrogen-bond acceptors (Lipinski definition) is 1. The Hall–Kier alpha value is -0.791. The number of aromatic nitrogens is 2. The summed E-state index contributed by atoms with van der Waals surface area (Å²) < 4.78 is 0.848. The molecular formula is C7H5N2Se. The fraction of sp³-hybridized carbons (Fsp3) is 0. The van der Waals surface area contributed by atoms with E-state index in [0.29, 0.717) is 0 Å². The molecule has 0 saturated carbocycles.